The summed E-state index contributed by atoms with van der Waals surface area (Å²) in [4.78, 5) is 24.4. The van der Waals surface area contributed by atoms with Crippen LogP contribution < -0.4 is 0 Å². The van der Waals surface area contributed by atoms with Gasteiger partial charge < -0.3 is 19.7 Å². The number of fused-ring (bicyclic) bond motifs is 3. The Labute approximate surface area is 214 Å². The molecule has 6 nitrogen and oxygen atoms in total. The van der Waals surface area contributed by atoms with Crippen molar-refractivity contribution >= 4 is 11.9 Å². The summed E-state index contributed by atoms with van der Waals surface area (Å²) in [5.74, 6) is -0.472. The van der Waals surface area contributed by atoms with Crippen molar-refractivity contribution in [1.29, 1.82) is 0 Å². The fraction of sp³-hybridized carbons (Fsp3) is 0.667. The van der Waals surface area contributed by atoms with Gasteiger partial charge in [-0.25, -0.2) is 9.59 Å². The second-order valence-corrected chi connectivity index (χ2v) is 12.7. The SMILES string of the molecule is CC1=CC[C@@H]([C@@H](C)[C@H]2C[C@@H](O)[C@@]3(C)C4=C(C=C5C=CC(=O)OC(C)(C)[C@@H]5CC4)[C@@H](O)C[C@]23C)OC1=O. The molecule has 1 saturated carbocycles. The van der Waals surface area contributed by atoms with Crippen molar-refractivity contribution in [2.75, 3.05) is 0 Å². The standard InChI is InChI=1S/C30H40O6/c1-16-7-11-24(35-27(16)34)17(2)22-14-25(32)30(6)21-10-9-20-18(8-12-26(33)36-28(20,3)4)13-19(21)23(31)15-29(22,30)5/h7-8,12-13,17,20,22-25,31-32H,9-11,14-15H2,1-6H3/t17-,20+,22+,23-,24-,25+,29+,30+/m0/s1. The van der Waals surface area contributed by atoms with Crippen molar-refractivity contribution < 1.29 is 29.3 Å². The quantitative estimate of drug-likeness (QED) is 0.544. The summed E-state index contributed by atoms with van der Waals surface area (Å²) in [6, 6.07) is 0. The molecular formula is C30H40O6. The second-order valence-electron chi connectivity index (χ2n) is 12.7. The molecule has 5 aliphatic rings. The van der Waals surface area contributed by atoms with E-state index in [1.165, 1.54) is 6.08 Å². The minimum atomic E-state index is -0.670. The first-order chi connectivity index (χ1) is 16.8. The highest BCUT2D eigenvalue weighted by Gasteiger charge is 2.65. The molecule has 8 atom stereocenters. The van der Waals surface area contributed by atoms with Gasteiger partial charge in [-0.3, -0.25) is 0 Å². The monoisotopic (exact) mass is 496 g/mol. The van der Waals surface area contributed by atoms with Gasteiger partial charge in [0.2, 0.25) is 0 Å². The molecule has 0 aromatic carbocycles. The van der Waals surface area contributed by atoms with E-state index in [4.69, 9.17) is 9.47 Å². The molecule has 2 N–H and O–H groups in total. The zero-order valence-corrected chi connectivity index (χ0v) is 22.3. The van der Waals surface area contributed by atoms with E-state index in [-0.39, 0.29) is 41.2 Å². The third-order valence-electron chi connectivity index (χ3n) is 10.6. The fourth-order valence-corrected chi connectivity index (χ4v) is 8.22. The Morgan fingerprint density at radius 2 is 1.83 bits per heavy atom. The van der Waals surface area contributed by atoms with Gasteiger partial charge in [0.25, 0.3) is 0 Å². The molecule has 0 aromatic heterocycles. The van der Waals surface area contributed by atoms with Crippen LogP contribution in [0.5, 0.6) is 0 Å². The minimum absolute atomic E-state index is 0.00204. The van der Waals surface area contributed by atoms with E-state index < -0.39 is 23.2 Å². The molecule has 0 spiro atoms. The molecule has 2 heterocycles. The summed E-state index contributed by atoms with van der Waals surface area (Å²) < 4.78 is 11.6. The van der Waals surface area contributed by atoms with Crippen LogP contribution in [0.15, 0.2) is 46.6 Å². The van der Waals surface area contributed by atoms with Crippen LogP contribution in [-0.4, -0.2) is 46.1 Å². The Morgan fingerprint density at radius 1 is 1.11 bits per heavy atom. The van der Waals surface area contributed by atoms with Gasteiger partial charge in [0.15, 0.2) is 0 Å². The normalized spacial score (nSPS) is 42.6. The molecule has 1 fully saturated rings. The molecule has 0 bridgehead atoms. The molecule has 0 aromatic rings. The number of allylic oxidation sites excluding steroid dienone is 1. The van der Waals surface area contributed by atoms with Crippen molar-refractivity contribution in [3.05, 3.63) is 46.6 Å². The summed E-state index contributed by atoms with van der Waals surface area (Å²) in [5.41, 5.74) is 2.10. The Balaban J connectivity index is 1.54. The average Bonchev–Trinajstić information content (AvgIpc) is 2.95. The number of rotatable bonds is 2. The van der Waals surface area contributed by atoms with E-state index >= 15 is 0 Å². The highest BCUT2D eigenvalue weighted by Crippen LogP contribution is 2.68. The molecule has 0 unspecified atom stereocenters. The highest BCUT2D eigenvalue weighted by molar-refractivity contribution is 5.88. The lowest BCUT2D eigenvalue weighted by Crippen LogP contribution is -2.51. The zero-order chi connectivity index (χ0) is 26.2. The van der Waals surface area contributed by atoms with Crippen LogP contribution in [0.3, 0.4) is 0 Å². The smallest absolute Gasteiger partial charge is 0.333 e. The minimum Gasteiger partial charge on any atom is -0.458 e. The molecular weight excluding hydrogens is 456 g/mol. The number of carbonyl (C=O) groups excluding carboxylic acids is 2. The van der Waals surface area contributed by atoms with E-state index in [2.05, 4.69) is 26.8 Å². The number of hydrogen-bond donors (Lipinski definition) is 2. The topological polar surface area (TPSA) is 93.1 Å². The maximum Gasteiger partial charge on any atom is 0.333 e. The second kappa shape index (κ2) is 8.42. The van der Waals surface area contributed by atoms with Crippen LogP contribution in [-0.2, 0) is 19.1 Å². The summed E-state index contributed by atoms with van der Waals surface area (Å²) in [6.07, 6.45) is 9.18. The van der Waals surface area contributed by atoms with Crippen molar-refractivity contribution in [3.63, 3.8) is 0 Å². The third kappa shape index (κ3) is 3.59. The third-order valence-corrected chi connectivity index (χ3v) is 10.6. The van der Waals surface area contributed by atoms with Gasteiger partial charge in [-0.15, -0.1) is 0 Å². The first kappa shape index (κ1) is 25.5. The maximum absolute atomic E-state index is 12.3. The van der Waals surface area contributed by atoms with Gasteiger partial charge >= 0.3 is 11.9 Å². The summed E-state index contributed by atoms with van der Waals surface area (Å²) in [6.45, 7) is 12.2. The molecule has 6 heteroatoms. The first-order valence-electron chi connectivity index (χ1n) is 13.4. The Bertz CT molecular complexity index is 1110. The zero-order valence-electron chi connectivity index (χ0n) is 22.3. The number of carbonyl (C=O) groups is 2. The number of ether oxygens (including phenoxy) is 2. The number of aliphatic hydroxyl groups excluding tert-OH is 2. The van der Waals surface area contributed by atoms with Crippen LogP contribution in [0.1, 0.15) is 73.6 Å². The largest absolute Gasteiger partial charge is 0.458 e. The van der Waals surface area contributed by atoms with Crippen LogP contribution in [0, 0.1) is 28.6 Å². The van der Waals surface area contributed by atoms with E-state index in [9.17, 15) is 19.8 Å². The molecule has 36 heavy (non-hydrogen) atoms. The number of esters is 2. The Hall–Kier alpha value is -2.18. The Morgan fingerprint density at radius 3 is 2.53 bits per heavy atom. The van der Waals surface area contributed by atoms with E-state index in [0.29, 0.717) is 24.8 Å². The molecule has 0 saturated heterocycles. The van der Waals surface area contributed by atoms with Crippen molar-refractivity contribution in [1.82, 2.24) is 0 Å². The summed E-state index contributed by atoms with van der Waals surface area (Å²) in [5, 5.41) is 23.2. The molecule has 3 aliphatic carbocycles. The molecule has 0 radical (unpaired) electrons. The molecule has 2 aliphatic heterocycles. The van der Waals surface area contributed by atoms with Gasteiger partial charge in [-0.2, -0.15) is 0 Å². The highest BCUT2D eigenvalue weighted by atomic mass is 16.6. The van der Waals surface area contributed by atoms with Crippen molar-refractivity contribution in [2.24, 2.45) is 28.6 Å². The van der Waals surface area contributed by atoms with E-state index in [1.54, 1.807) is 6.92 Å². The van der Waals surface area contributed by atoms with Gasteiger partial charge in [-0.1, -0.05) is 44.6 Å². The van der Waals surface area contributed by atoms with Crippen molar-refractivity contribution in [2.45, 2.75) is 97.6 Å². The van der Waals surface area contributed by atoms with Crippen LogP contribution in [0.25, 0.3) is 0 Å². The van der Waals surface area contributed by atoms with Crippen LogP contribution in [0.2, 0.25) is 0 Å². The number of hydrogen-bond acceptors (Lipinski definition) is 6. The maximum atomic E-state index is 12.3. The van der Waals surface area contributed by atoms with Gasteiger partial charge in [0.1, 0.15) is 11.7 Å². The lowest BCUT2D eigenvalue weighted by atomic mass is 9.51. The lowest BCUT2D eigenvalue weighted by Gasteiger charge is -2.54. The van der Waals surface area contributed by atoms with Gasteiger partial charge in [-0.05, 0) is 74.9 Å². The summed E-state index contributed by atoms with van der Waals surface area (Å²) in [7, 11) is 0. The lowest BCUT2D eigenvalue weighted by molar-refractivity contribution is -0.153. The van der Waals surface area contributed by atoms with E-state index in [0.717, 1.165) is 29.6 Å². The Kier molecular flexibility index (Phi) is 5.96. The van der Waals surface area contributed by atoms with Crippen LogP contribution >= 0.6 is 0 Å². The molecule has 196 valence electrons. The molecule has 0 amide bonds. The predicted octanol–water partition coefficient (Wildman–Crippen LogP) is 4.57. The first-order valence-corrected chi connectivity index (χ1v) is 13.4. The fourth-order valence-electron chi connectivity index (χ4n) is 8.22. The van der Waals surface area contributed by atoms with E-state index in [1.807, 2.05) is 26.0 Å². The summed E-state index contributed by atoms with van der Waals surface area (Å²) >= 11 is 0. The van der Waals surface area contributed by atoms with Crippen LogP contribution in [0.4, 0.5) is 0 Å². The van der Waals surface area contributed by atoms with Gasteiger partial charge in [0, 0.05) is 29.4 Å². The average molecular weight is 497 g/mol. The molecule has 5 rings (SSSR count). The number of cyclic esters (lactones) is 2. The number of aliphatic hydroxyl groups is 2. The predicted molar refractivity (Wildman–Crippen MR) is 136 cm³/mol. The van der Waals surface area contributed by atoms with Gasteiger partial charge in [0.05, 0.1) is 12.2 Å². The van der Waals surface area contributed by atoms with Crippen molar-refractivity contribution in [3.8, 4) is 0 Å².